The maximum Gasteiger partial charge on any atom is 0.238 e. The molecule has 0 spiro atoms. The number of hydrogen-bond donors (Lipinski definition) is 0. The number of benzene rings is 2. The molecule has 0 bridgehead atoms. The van der Waals surface area contributed by atoms with Crippen molar-refractivity contribution < 1.29 is 4.79 Å². The third kappa shape index (κ3) is 1.93. The lowest BCUT2D eigenvalue weighted by atomic mass is 9.77. The van der Waals surface area contributed by atoms with Gasteiger partial charge in [0.1, 0.15) is 0 Å². The first-order valence-corrected chi connectivity index (χ1v) is 7.42. The van der Waals surface area contributed by atoms with Crippen LogP contribution in [0.1, 0.15) is 11.6 Å². The van der Waals surface area contributed by atoms with Gasteiger partial charge in [-0.3, -0.25) is 4.79 Å². The Bertz CT molecular complexity index is 798. The average molecular weight is 285 g/mol. The van der Waals surface area contributed by atoms with E-state index in [0.717, 1.165) is 16.8 Å². The predicted molar refractivity (Wildman–Crippen MR) is 87.3 cm³/mol. The Morgan fingerprint density at radius 2 is 1.59 bits per heavy atom. The van der Waals surface area contributed by atoms with Gasteiger partial charge in [0.25, 0.3) is 0 Å². The zero-order valence-electron chi connectivity index (χ0n) is 12.0. The summed E-state index contributed by atoms with van der Waals surface area (Å²) >= 11 is 0. The van der Waals surface area contributed by atoms with Crippen LogP contribution in [-0.4, -0.2) is 5.91 Å². The van der Waals surface area contributed by atoms with Crippen LogP contribution in [-0.2, 0) is 4.79 Å². The highest BCUT2D eigenvalue weighted by Gasteiger charge is 2.50. The van der Waals surface area contributed by atoms with E-state index in [4.69, 9.17) is 0 Å². The number of nitrogens with zero attached hydrogens (tertiary/aromatic N) is 1. The fourth-order valence-electron chi connectivity index (χ4n) is 3.20. The second-order valence-electron chi connectivity index (χ2n) is 5.50. The summed E-state index contributed by atoms with van der Waals surface area (Å²) in [6, 6.07) is 20.1. The van der Waals surface area contributed by atoms with Gasteiger partial charge in [-0.15, -0.1) is 5.73 Å². The van der Waals surface area contributed by atoms with Gasteiger partial charge in [-0.2, -0.15) is 0 Å². The van der Waals surface area contributed by atoms with E-state index in [-0.39, 0.29) is 17.9 Å². The van der Waals surface area contributed by atoms with Crippen LogP contribution in [0.3, 0.4) is 0 Å². The third-order valence-corrected chi connectivity index (χ3v) is 4.23. The minimum Gasteiger partial charge on any atom is -0.303 e. The van der Waals surface area contributed by atoms with Crippen molar-refractivity contribution in [2.45, 2.75) is 6.04 Å². The van der Waals surface area contributed by atoms with Crippen LogP contribution in [0.5, 0.6) is 0 Å². The molecule has 4 rings (SSSR count). The van der Waals surface area contributed by atoms with Crippen molar-refractivity contribution >= 4 is 11.6 Å². The van der Waals surface area contributed by atoms with Crippen LogP contribution in [0.25, 0.3) is 0 Å². The number of anilines is 1. The minimum atomic E-state index is -0.141. The molecule has 0 radical (unpaired) electrons. The molecule has 2 heteroatoms. The number of para-hydroxylation sites is 1. The molecule has 2 aromatic rings. The molecule has 2 nitrogen and oxygen atoms in total. The predicted octanol–water partition coefficient (Wildman–Crippen LogP) is 4.04. The minimum absolute atomic E-state index is 0.0368. The fourth-order valence-corrected chi connectivity index (χ4v) is 3.20. The largest absolute Gasteiger partial charge is 0.303 e. The average Bonchev–Trinajstić information content (AvgIpc) is 3.08. The van der Waals surface area contributed by atoms with Gasteiger partial charge < -0.3 is 4.90 Å². The van der Waals surface area contributed by atoms with Crippen molar-refractivity contribution in [1.29, 1.82) is 0 Å². The number of carbonyl (C=O) groups excluding carboxylic acids is 1. The van der Waals surface area contributed by atoms with Crippen molar-refractivity contribution in [1.82, 2.24) is 0 Å². The van der Waals surface area contributed by atoms with Crippen molar-refractivity contribution in [3.8, 4) is 0 Å². The smallest absolute Gasteiger partial charge is 0.238 e. The second kappa shape index (κ2) is 5.18. The van der Waals surface area contributed by atoms with Gasteiger partial charge in [0.2, 0.25) is 5.91 Å². The van der Waals surface area contributed by atoms with Crippen molar-refractivity contribution in [2.75, 3.05) is 4.90 Å². The molecule has 2 atom stereocenters. The summed E-state index contributed by atoms with van der Waals surface area (Å²) in [4.78, 5) is 14.6. The van der Waals surface area contributed by atoms with Gasteiger partial charge in [-0.25, -0.2) is 0 Å². The number of carbonyl (C=O) groups is 1. The zero-order chi connectivity index (χ0) is 14.9. The van der Waals surface area contributed by atoms with E-state index in [9.17, 15) is 4.79 Å². The molecular formula is C20H15NO. The number of β-lactam (4-membered cyclic amide) rings is 1. The van der Waals surface area contributed by atoms with Crippen LogP contribution in [0, 0.1) is 5.92 Å². The summed E-state index contributed by atoms with van der Waals surface area (Å²) < 4.78 is 0. The molecule has 1 saturated heterocycles. The van der Waals surface area contributed by atoms with Crippen LogP contribution >= 0.6 is 0 Å². The Balaban J connectivity index is 1.78. The van der Waals surface area contributed by atoms with E-state index in [1.54, 1.807) is 0 Å². The van der Waals surface area contributed by atoms with Gasteiger partial charge in [-0.05, 0) is 29.8 Å². The van der Waals surface area contributed by atoms with Crippen LogP contribution in [0.15, 0.2) is 90.2 Å². The summed E-state index contributed by atoms with van der Waals surface area (Å²) in [7, 11) is 0. The van der Waals surface area contributed by atoms with E-state index < -0.39 is 0 Å². The number of amides is 1. The summed E-state index contributed by atoms with van der Waals surface area (Å²) in [6.45, 7) is 0. The summed E-state index contributed by atoms with van der Waals surface area (Å²) in [5.74, 6) is 0.000101. The van der Waals surface area contributed by atoms with E-state index in [2.05, 4.69) is 17.9 Å². The molecule has 0 saturated carbocycles. The highest BCUT2D eigenvalue weighted by Crippen LogP contribution is 2.47. The van der Waals surface area contributed by atoms with Crippen molar-refractivity contribution in [3.63, 3.8) is 0 Å². The molecule has 106 valence electrons. The van der Waals surface area contributed by atoms with Crippen LogP contribution in [0.2, 0.25) is 0 Å². The van der Waals surface area contributed by atoms with E-state index >= 15 is 0 Å². The number of rotatable bonds is 3. The van der Waals surface area contributed by atoms with Gasteiger partial charge >= 0.3 is 0 Å². The molecule has 1 amide bonds. The normalized spacial score (nSPS) is 22.6. The van der Waals surface area contributed by atoms with E-state index in [1.165, 1.54) is 0 Å². The first-order valence-electron chi connectivity index (χ1n) is 7.42. The molecule has 22 heavy (non-hydrogen) atoms. The number of hydrogen-bond acceptors (Lipinski definition) is 1. The fraction of sp³-hybridized carbons (Fsp3) is 0.100. The van der Waals surface area contributed by atoms with E-state index in [1.807, 2.05) is 71.7 Å². The van der Waals surface area contributed by atoms with Crippen molar-refractivity contribution in [2.24, 2.45) is 5.92 Å². The molecular weight excluding hydrogens is 270 g/mol. The summed E-state index contributed by atoms with van der Waals surface area (Å²) in [5.41, 5.74) is 6.28. The van der Waals surface area contributed by atoms with Gasteiger partial charge in [-0.1, -0.05) is 54.6 Å². The molecule has 1 unspecified atom stereocenters. The SMILES string of the molecule is O=C1[C@H](C2=C=CC=C2)C(c2ccccc2)N1c1ccccc1. The topological polar surface area (TPSA) is 20.3 Å². The lowest BCUT2D eigenvalue weighted by molar-refractivity contribution is -0.128. The van der Waals surface area contributed by atoms with Gasteiger partial charge in [0.15, 0.2) is 0 Å². The lowest BCUT2D eigenvalue weighted by Gasteiger charge is -2.47. The Labute approximate surface area is 129 Å². The van der Waals surface area contributed by atoms with Gasteiger partial charge in [0.05, 0.1) is 12.0 Å². The first-order chi connectivity index (χ1) is 10.9. The maximum absolute atomic E-state index is 12.8. The second-order valence-corrected chi connectivity index (χ2v) is 5.50. The van der Waals surface area contributed by atoms with Crippen LogP contribution in [0.4, 0.5) is 5.69 Å². The monoisotopic (exact) mass is 285 g/mol. The maximum atomic E-state index is 12.8. The molecule has 1 heterocycles. The van der Waals surface area contributed by atoms with E-state index in [0.29, 0.717) is 0 Å². The molecule has 2 aliphatic rings. The molecule has 0 N–H and O–H groups in total. The Morgan fingerprint density at radius 3 is 2.23 bits per heavy atom. The summed E-state index contributed by atoms with van der Waals surface area (Å²) in [5, 5.41) is 0. The highest BCUT2D eigenvalue weighted by atomic mass is 16.2. The quantitative estimate of drug-likeness (QED) is 0.615. The lowest BCUT2D eigenvalue weighted by Crippen LogP contribution is -2.55. The zero-order valence-corrected chi connectivity index (χ0v) is 12.0. The van der Waals surface area contributed by atoms with Crippen LogP contribution < -0.4 is 4.90 Å². The molecule has 1 fully saturated rings. The third-order valence-electron chi connectivity index (χ3n) is 4.23. The molecule has 1 aliphatic heterocycles. The molecule has 0 aromatic heterocycles. The Morgan fingerprint density at radius 1 is 0.909 bits per heavy atom. The van der Waals surface area contributed by atoms with Gasteiger partial charge in [0, 0.05) is 11.3 Å². The Hall–Kier alpha value is -2.83. The standard InChI is InChI=1S/C20H15NO/c22-20-18(15-9-7-8-10-15)19(16-11-3-1-4-12-16)21(20)17-13-5-2-6-14-17/h1-9,11-14,18-19H/t18-,19?/m1/s1. The highest BCUT2D eigenvalue weighted by molar-refractivity contribution is 6.05. The molecule has 1 aliphatic carbocycles. The summed E-state index contributed by atoms with van der Waals surface area (Å²) in [6.07, 6.45) is 5.80. The first kappa shape index (κ1) is 12.9. The Kier molecular flexibility index (Phi) is 3.03. The molecule has 2 aromatic carbocycles. The van der Waals surface area contributed by atoms with Crippen molar-refractivity contribution in [3.05, 3.63) is 95.8 Å². The number of allylic oxidation sites excluding steroid dienone is 2.